The van der Waals surface area contributed by atoms with Crippen molar-refractivity contribution in [3.63, 3.8) is 0 Å². The van der Waals surface area contributed by atoms with Gasteiger partial charge in [-0.15, -0.1) is 0 Å². The monoisotopic (exact) mass is 557 g/mol. The van der Waals surface area contributed by atoms with E-state index in [1.54, 1.807) is 64.2 Å². The predicted octanol–water partition coefficient (Wildman–Crippen LogP) is 6.32. The van der Waals surface area contributed by atoms with Crippen molar-refractivity contribution in [2.45, 2.75) is 53.1 Å². The number of anilines is 3. The van der Waals surface area contributed by atoms with Crippen LogP contribution in [0.25, 0.3) is 10.9 Å². The number of urea groups is 1. The lowest BCUT2D eigenvalue weighted by molar-refractivity contribution is 0.0635. The first-order valence-electron chi connectivity index (χ1n) is 13.6. The third kappa shape index (κ3) is 7.27. The number of hydrogen-bond acceptors (Lipinski definition) is 7. The van der Waals surface area contributed by atoms with E-state index in [1.807, 2.05) is 37.3 Å². The lowest BCUT2D eigenvalue weighted by atomic mass is 10.1. The predicted molar refractivity (Wildman–Crippen MR) is 160 cm³/mol. The number of carbonyl (C=O) groups excluding carboxylic acids is 2. The zero-order chi connectivity index (χ0) is 29.6. The molecule has 0 aliphatic rings. The Morgan fingerprint density at radius 3 is 2.39 bits per heavy atom. The minimum absolute atomic E-state index is 0.109. The van der Waals surface area contributed by atoms with E-state index in [0.29, 0.717) is 35.6 Å². The van der Waals surface area contributed by atoms with Crippen LogP contribution < -0.4 is 20.7 Å². The molecule has 4 aromatic rings. The van der Waals surface area contributed by atoms with E-state index in [4.69, 9.17) is 9.15 Å². The van der Waals surface area contributed by atoms with Crippen LogP contribution in [0, 0.1) is 6.92 Å². The van der Waals surface area contributed by atoms with Gasteiger partial charge in [0.1, 0.15) is 11.4 Å². The number of carbonyl (C=O) groups is 2. The van der Waals surface area contributed by atoms with Crippen molar-refractivity contribution in [2.24, 2.45) is 0 Å². The number of fused-ring (bicyclic) bond motifs is 1. The second kappa shape index (κ2) is 12.6. The zero-order valence-electron chi connectivity index (χ0n) is 24.0. The Hall–Kier alpha value is -4.73. The molecule has 0 saturated heterocycles. The summed E-state index contributed by atoms with van der Waals surface area (Å²) in [6.07, 6.45) is 2.30. The molecule has 2 aromatic carbocycles. The fourth-order valence-corrected chi connectivity index (χ4v) is 4.39. The van der Waals surface area contributed by atoms with E-state index in [0.717, 1.165) is 12.0 Å². The Morgan fingerprint density at radius 2 is 1.73 bits per heavy atom. The quantitative estimate of drug-likeness (QED) is 0.269. The fourth-order valence-electron chi connectivity index (χ4n) is 4.39. The molecule has 0 bridgehead atoms. The number of nitrogens with one attached hydrogen (secondary N) is 1. The maximum Gasteiger partial charge on any atom is 0.412 e. The molecule has 0 aliphatic carbocycles. The fraction of sp³-hybridized carbons (Fsp3) is 0.323. The highest BCUT2D eigenvalue weighted by Gasteiger charge is 2.27. The summed E-state index contributed by atoms with van der Waals surface area (Å²) < 4.78 is 11.0. The second-order valence-corrected chi connectivity index (χ2v) is 10.5. The van der Waals surface area contributed by atoms with E-state index >= 15 is 0 Å². The van der Waals surface area contributed by atoms with E-state index in [9.17, 15) is 14.4 Å². The van der Waals surface area contributed by atoms with Crippen molar-refractivity contribution in [1.82, 2.24) is 9.97 Å². The molecule has 0 aliphatic heterocycles. The minimum Gasteiger partial charge on any atom is -0.444 e. The Kier molecular flexibility index (Phi) is 9.01. The van der Waals surface area contributed by atoms with Gasteiger partial charge in [-0.25, -0.2) is 24.3 Å². The van der Waals surface area contributed by atoms with E-state index < -0.39 is 23.4 Å². The smallest absolute Gasteiger partial charge is 0.412 e. The van der Waals surface area contributed by atoms with Gasteiger partial charge in [0.2, 0.25) is 0 Å². The lowest BCUT2D eigenvalue weighted by Gasteiger charge is -2.27. The van der Waals surface area contributed by atoms with Crippen LogP contribution in [-0.2, 0) is 11.2 Å². The molecular weight excluding hydrogens is 522 g/mol. The molecule has 4 rings (SSSR count). The molecule has 214 valence electrons. The topological polar surface area (TPSA) is 118 Å². The largest absolute Gasteiger partial charge is 0.444 e. The summed E-state index contributed by atoms with van der Waals surface area (Å²) in [5, 5.41) is 2.88. The van der Waals surface area contributed by atoms with Gasteiger partial charge in [-0.1, -0.05) is 36.4 Å². The van der Waals surface area contributed by atoms with E-state index in [-0.39, 0.29) is 17.9 Å². The number of amides is 3. The van der Waals surface area contributed by atoms with Crippen LogP contribution >= 0.6 is 0 Å². The van der Waals surface area contributed by atoms with Crippen molar-refractivity contribution in [1.29, 1.82) is 0 Å². The number of pyridine rings is 1. The summed E-state index contributed by atoms with van der Waals surface area (Å²) in [7, 11) is 0. The van der Waals surface area contributed by atoms with Crippen molar-refractivity contribution in [3.05, 3.63) is 88.4 Å². The average molecular weight is 558 g/mol. The summed E-state index contributed by atoms with van der Waals surface area (Å²) in [5.41, 5.74) is 0.999. The van der Waals surface area contributed by atoms with Crippen molar-refractivity contribution < 1.29 is 18.7 Å². The molecule has 2 heterocycles. The number of ether oxygens (including phenoxy) is 1. The van der Waals surface area contributed by atoms with Gasteiger partial charge >= 0.3 is 23.8 Å². The molecule has 41 heavy (non-hydrogen) atoms. The molecule has 0 spiro atoms. The zero-order valence-corrected chi connectivity index (χ0v) is 24.0. The maximum atomic E-state index is 13.9. The number of rotatable bonds is 8. The number of aryl methyl sites for hydroxylation is 2. The highest BCUT2D eigenvalue weighted by molar-refractivity contribution is 6.02. The Bertz CT molecular complexity index is 1570. The normalized spacial score (nSPS) is 11.2. The molecular formula is C31H35N5O5. The first-order chi connectivity index (χ1) is 19.6. The molecule has 1 N–H and O–H groups in total. The maximum absolute atomic E-state index is 13.9. The SMILES string of the molecule is CCN(C(=O)N(CCCc1ccccc1)c1nc2ccc(NC(=O)OC(C)(C)C)c(C)c2c(=O)o1)c1ccccn1. The minimum atomic E-state index is -0.678. The molecule has 0 unspecified atom stereocenters. The third-order valence-electron chi connectivity index (χ3n) is 6.31. The van der Waals surface area contributed by atoms with Gasteiger partial charge in [0, 0.05) is 25.0 Å². The summed E-state index contributed by atoms with van der Waals surface area (Å²) >= 11 is 0. The number of aromatic nitrogens is 2. The summed E-state index contributed by atoms with van der Waals surface area (Å²) in [4.78, 5) is 51.3. The number of nitrogens with zero attached hydrogens (tertiary/aromatic N) is 4. The third-order valence-corrected chi connectivity index (χ3v) is 6.31. The summed E-state index contributed by atoms with van der Waals surface area (Å²) in [6.45, 7) is 9.44. The van der Waals surface area contributed by atoms with Gasteiger partial charge in [0.05, 0.1) is 10.9 Å². The molecule has 10 heteroatoms. The highest BCUT2D eigenvalue weighted by Crippen LogP contribution is 2.26. The average Bonchev–Trinajstić information content (AvgIpc) is 2.93. The van der Waals surface area contributed by atoms with Crippen molar-refractivity contribution in [3.8, 4) is 0 Å². The van der Waals surface area contributed by atoms with Crippen LogP contribution in [0.4, 0.5) is 27.1 Å². The van der Waals surface area contributed by atoms with E-state index in [1.165, 1.54) is 9.80 Å². The van der Waals surface area contributed by atoms with Gasteiger partial charge in [-0.05, 0) is 82.9 Å². The van der Waals surface area contributed by atoms with Crippen LogP contribution in [-0.4, -0.2) is 40.8 Å². The molecule has 0 fully saturated rings. The molecule has 2 aromatic heterocycles. The summed E-state index contributed by atoms with van der Waals surface area (Å²) in [6, 6.07) is 18.0. The van der Waals surface area contributed by atoms with Crippen LogP contribution in [0.3, 0.4) is 0 Å². The number of benzene rings is 2. The van der Waals surface area contributed by atoms with Crippen molar-refractivity contribution in [2.75, 3.05) is 28.2 Å². The van der Waals surface area contributed by atoms with Crippen LogP contribution in [0.5, 0.6) is 0 Å². The number of hydrogen-bond donors (Lipinski definition) is 1. The van der Waals surface area contributed by atoms with Gasteiger partial charge in [-0.2, -0.15) is 4.98 Å². The highest BCUT2D eigenvalue weighted by atomic mass is 16.6. The van der Waals surface area contributed by atoms with Crippen molar-refractivity contribution >= 4 is 40.5 Å². The molecule has 0 atom stereocenters. The van der Waals surface area contributed by atoms with Gasteiger partial charge in [0.15, 0.2) is 0 Å². The van der Waals surface area contributed by atoms with Gasteiger partial charge in [-0.3, -0.25) is 10.2 Å². The Balaban J connectivity index is 1.69. The van der Waals surface area contributed by atoms with Crippen LogP contribution in [0.2, 0.25) is 0 Å². The molecule has 0 saturated carbocycles. The Morgan fingerprint density at radius 1 is 1.00 bits per heavy atom. The van der Waals surface area contributed by atoms with Gasteiger partial charge in [0.25, 0.3) is 0 Å². The molecule has 0 radical (unpaired) electrons. The van der Waals surface area contributed by atoms with Crippen LogP contribution in [0.15, 0.2) is 76.1 Å². The van der Waals surface area contributed by atoms with E-state index in [2.05, 4.69) is 15.3 Å². The first-order valence-corrected chi connectivity index (χ1v) is 13.6. The molecule has 3 amide bonds. The Labute approximate surface area is 239 Å². The standard InChI is InChI=1S/C31H35N5O5/c1-6-35(25-16-10-11-19-32-25)30(39)36(20-12-15-22-13-8-7-9-14-22)28-33-24-18-17-23(21(2)26(24)27(37)40-28)34-29(38)41-31(3,4)5/h7-11,13-14,16-19H,6,12,15,20H2,1-5H3,(H,34,38). The first kappa shape index (κ1) is 29.3. The lowest BCUT2D eigenvalue weighted by Crippen LogP contribution is -2.45. The van der Waals surface area contributed by atoms with Crippen LogP contribution in [0.1, 0.15) is 45.2 Å². The van der Waals surface area contributed by atoms with Gasteiger partial charge < -0.3 is 9.15 Å². The summed E-state index contributed by atoms with van der Waals surface area (Å²) in [5.74, 6) is 0.477. The molecule has 10 nitrogen and oxygen atoms in total. The second-order valence-electron chi connectivity index (χ2n) is 10.5.